The molecule has 0 unspecified atom stereocenters. The number of aromatic nitrogens is 1. The van der Waals surface area contributed by atoms with Crippen LogP contribution in [0, 0.1) is 0 Å². The average Bonchev–Trinajstić information content (AvgIpc) is 2.84. The highest BCUT2D eigenvalue weighted by Crippen LogP contribution is 2.29. The van der Waals surface area contributed by atoms with E-state index in [0.29, 0.717) is 37.6 Å². The van der Waals surface area contributed by atoms with E-state index >= 15 is 0 Å². The molecular weight excluding hydrogens is 271 g/mol. The minimum absolute atomic E-state index is 0.109. The van der Waals surface area contributed by atoms with E-state index in [2.05, 4.69) is 5.32 Å². The first kappa shape index (κ1) is 13.9. The second-order valence-corrected chi connectivity index (χ2v) is 5.58. The van der Waals surface area contributed by atoms with Crippen molar-refractivity contribution in [2.75, 3.05) is 13.1 Å². The maximum absolute atomic E-state index is 14.9. The lowest BCUT2D eigenvalue weighted by Crippen LogP contribution is -2.41. The van der Waals surface area contributed by atoms with Crippen LogP contribution < -0.4 is 5.32 Å². The average molecular weight is 288 g/mol. The molecule has 0 saturated carbocycles. The van der Waals surface area contributed by atoms with Crippen LogP contribution >= 0.6 is 0 Å². The van der Waals surface area contributed by atoms with Crippen molar-refractivity contribution < 1.29 is 14.0 Å². The first-order chi connectivity index (χ1) is 10.1. The molecule has 5 heteroatoms. The normalized spacial score (nSPS) is 17.8. The van der Waals surface area contributed by atoms with Crippen molar-refractivity contribution >= 4 is 22.8 Å². The maximum atomic E-state index is 14.9. The molecule has 1 N–H and O–H groups in total. The van der Waals surface area contributed by atoms with Crippen LogP contribution in [-0.4, -0.2) is 35.4 Å². The summed E-state index contributed by atoms with van der Waals surface area (Å²) in [5.41, 5.74) is -1.05. The van der Waals surface area contributed by atoms with Gasteiger partial charge in [-0.3, -0.25) is 9.59 Å². The van der Waals surface area contributed by atoms with Gasteiger partial charge in [0, 0.05) is 17.0 Å². The number of Topliss-reactive ketones (excluding diaryl/α,β-unsaturated/α-hetero) is 1. The Morgan fingerprint density at radius 2 is 2.05 bits per heavy atom. The lowest BCUT2D eigenvalue weighted by molar-refractivity contribution is -0.104. The third-order valence-corrected chi connectivity index (χ3v) is 4.09. The summed E-state index contributed by atoms with van der Waals surface area (Å²) in [5.74, 6) is -0.603. The predicted molar refractivity (Wildman–Crippen MR) is 78.3 cm³/mol. The van der Waals surface area contributed by atoms with E-state index in [1.165, 1.54) is 0 Å². The fourth-order valence-electron chi connectivity index (χ4n) is 3.01. The number of carbonyl (C=O) groups is 2. The van der Waals surface area contributed by atoms with Crippen LogP contribution in [0.25, 0.3) is 10.8 Å². The van der Waals surface area contributed by atoms with Crippen molar-refractivity contribution in [3.63, 3.8) is 0 Å². The quantitative estimate of drug-likeness (QED) is 0.532. The van der Waals surface area contributed by atoms with Gasteiger partial charge in [-0.05, 0) is 25.9 Å². The Hall–Kier alpha value is -2.01. The summed E-state index contributed by atoms with van der Waals surface area (Å²) in [7, 11) is 0. The molecule has 0 atom stereocenters. The number of aldehydes is 1. The molecule has 1 fully saturated rings. The van der Waals surface area contributed by atoms with E-state index in [1.54, 1.807) is 16.8 Å². The van der Waals surface area contributed by atoms with E-state index in [4.69, 9.17) is 0 Å². The monoisotopic (exact) mass is 288 g/mol. The summed E-state index contributed by atoms with van der Waals surface area (Å²) >= 11 is 0. The molecule has 21 heavy (non-hydrogen) atoms. The summed E-state index contributed by atoms with van der Waals surface area (Å²) in [6.45, 7) is 1.38. The van der Waals surface area contributed by atoms with Crippen molar-refractivity contribution in [3.8, 4) is 0 Å². The third kappa shape index (κ3) is 2.61. The Morgan fingerprint density at radius 1 is 1.33 bits per heavy atom. The van der Waals surface area contributed by atoms with Crippen molar-refractivity contribution in [1.29, 1.82) is 0 Å². The summed E-state index contributed by atoms with van der Waals surface area (Å²) in [6, 6.07) is 7.32. The lowest BCUT2D eigenvalue weighted by Gasteiger charge is -2.30. The molecule has 110 valence electrons. The lowest BCUT2D eigenvalue weighted by atomic mass is 9.94. The first-order valence-corrected chi connectivity index (χ1v) is 7.10. The van der Waals surface area contributed by atoms with Gasteiger partial charge in [0.2, 0.25) is 5.78 Å². The van der Waals surface area contributed by atoms with Gasteiger partial charge in [-0.25, -0.2) is 4.39 Å². The van der Waals surface area contributed by atoms with E-state index in [9.17, 15) is 14.0 Å². The smallest absolute Gasteiger partial charge is 0.242 e. The molecule has 1 aliphatic rings. The predicted octanol–water partition coefficient (Wildman–Crippen LogP) is 2.11. The molecule has 0 amide bonds. The zero-order valence-corrected chi connectivity index (χ0v) is 11.6. The van der Waals surface area contributed by atoms with Gasteiger partial charge in [0.25, 0.3) is 0 Å². The second-order valence-electron chi connectivity index (χ2n) is 5.58. The van der Waals surface area contributed by atoms with Crippen molar-refractivity contribution in [1.82, 2.24) is 9.88 Å². The van der Waals surface area contributed by atoms with Gasteiger partial charge < -0.3 is 9.88 Å². The number of alkyl halides is 1. The minimum atomic E-state index is -1.34. The topological polar surface area (TPSA) is 51.1 Å². The highest BCUT2D eigenvalue weighted by atomic mass is 19.1. The van der Waals surface area contributed by atoms with E-state index in [-0.39, 0.29) is 12.2 Å². The van der Waals surface area contributed by atoms with Crippen LogP contribution in [0.2, 0.25) is 0 Å². The zero-order chi connectivity index (χ0) is 14.9. The number of halogens is 1. The highest BCUT2D eigenvalue weighted by Gasteiger charge is 2.33. The molecule has 2 aromatic rings. The van der Waals surface area contributed by atoms with Gasteiger partial charge in [0.05, 0.1) is 6.54 Å². The molecule has 0 spiro atoms. The van der Waals surface area contributed by atoms with Crippen LogP contribution in [-0.2, 0) is 11.3 Å². The van der Waals surface area contributed by atoms with Crippen LogP contribution in [0.1, 0.15) is 23.3 Å². The molecule has 0 bridgehead atoms. The number of rotatable bonds is 4. The third-order valence-electron chi connectivity index (χ3n) is 4.09. The maximum Gasteiger partial charge on any atom is 0.242 e. The summed E-state index contributed by atoms with van der Waals surface area (Å²) < 4.78 is 16.5. The Kier molecular flexibility index (Phi) is 3.59. The number of ketones is 1. The van der Waals surface area contributed by atoms with Gasteiger partial charge in [-0.1, -0.05) is 24.3 Å². The molecule has 2 heterocycles. The summed E-state index contributed by atoms with van der Waals surface area (Å²) in [6.07, 6.45) is 2.88. The van der Waals surface area contributed by atoms with Gasteiger partial charge in [0.15, 0.2) is 6.29 Å². The van der Waals surface area contributed by atoms with Crippen molar-refractivity contribution in [2.45, 2.75) is 25.1 Å². The van der Waals surface area contributed by atoms with Gasteiger partial charge in [0.1, 0.15) is 11.4 Å². The Balaban J connectivity index is 2.04. The SMILES string of the molecule is O=CC(=O)c1c2ccccc2cn1CC1(F)CCNCC1. The van der Waals surface area contributed by atoms with Gasteiger partial charge >= 0.3 is 0 Å². The molecule has 4 nitrogen and oxygen atoms in total. The van der Waals surface area contributed by atoms with E-state index in [0.717, 1.165) is 5.39 Å². The molecule has 1 aliphatic heterocycles. The standard InChI is InChI=1S/C16H17FN2O2/c17-16(5-7-18-8-6-16)11-19-9-12-3-1-2-4-13(12)15(19)14(21)10-20/h1-4,9-10,18H,5-8,11H2. The number of piperidine rings is 1. The van der Waals surface area contributed by atoms with Crippen LogP contribution in [0.5, 0.6) is 0 Å². The fourth-order valence-corrected chi connectivity index (χ4v) is 3.01. The number of hydrogen-bond acceptors (Lipinski definition) is 3. The number of nitrogens with zero attached hydrogens (tertiary/aromatic N) is 1. The van der Waals surface area contributed by atoms with Crippen molar-refractivity contribution in [3.05, 3.63) is 36.2 Å². The molecule has 3 rings (SSSR count). The molecule has 1 aromatic heterocycles. The number of hydrogen-bond donors (Lipinski definition) is 1. The largest absolute Gasteiger partial charge is 0.340 e. The van der Waals surface area contributed by atoms with Gasteiger partial charge in [-0.15, -0.1) is 0 Å². The van der Waals surface area contributed by atoms with Gasteiger partial charge in [-0.2, -0.15) is 0 Å². The molecule has 1 saturated heterocycles. The number of benzene rings is 1. The molecule has 1 aromatic carbocycles. The Morgan fingerprint density at radius 3 is 2.76 bits per heavy atom. The first-order valence-electron chi connectivity index (χ1n) is 7.10. The van der Waals surface area contributed by atoms with E-state index < -0.39 is 11.5 Å². The Labute approximate surface area is 121 Å². The summed E-state index contributed by atoms with van der Waals surface area (Å²) in [5, 5.41) is 4.68. The van der Waals surface area contributed by atoms with Crippen LogP contribution in [0.3, 0.4) is 0 Å². The van der Waals surface area contributed by atoms with Crippen molar-refractivity contribution in [2.24, 2.45) is 0 Å². The van der Waals surface area contributed by atoms with E-state index in [1.807, 2.05) is 18.2 Å². The minimum Gasteiger partial charge on any atom is -0.340 e. The molecule has 0 aliphatic carbocycles. The highest BCUT2D eigenvalue weighted by molar-refractivity contribution is 6.35. The fraction of sp³-hybridized carbons (Fsp3) is 0.375. The van der Waals surface area contributed by atoms with Crippen LogP contribution in [0.4, 0.5) is 4.39 Å². The summed E-state index contributed by atoms with van der Waals surface area (Å²) in [4.78, 5) is 22.8. The number of nitrogens with one attached hydrogen (secondary N) is 1. The molecular formula is C16H17FN2O2. The Bertz CT molecular complexity index is 687. The molecule has 0 radical (unpaired) electrons. The number of carbonyl (C=O) groups excluding carboxylic acids is 2. The number of fused-ring (bicyclic) bond motifs is 1. The second kappa shape index (κ2) is 5.41. The van der Waals surface area contributed by atoms with Crippen LogP contribution in [0.15, 0.2) is 30.5 Å². The zero-order valence-electron chi connectivity index (χ0n) is 11.6.